The molecule has 3 amide bonds. The highest BCUT2D eigenvalue weighted by Gasteiger charge is 2.29. The van der Waals surface area contributed by atoms with Crippen LogP contribution in [-0.2, 0) is 14.4 Å². The number of hydrogen-bond acceptors (Lipinski definition) is 4. The van der Waals surface area contributed by atoms with Crippen LogP contribution in [-0.4, -0.2) is 96.7 Å². The van der Waals surface area contributed by atoms with Crippen molar-refractivity contribution in [3.05, 3.63) is 0 Å². The van der Waals surface area contributed by atoms with E-state index in [1.807, 2.05) is 16.8 Å². The highest BCUT2D eigenvalue weighted by molar-refractivity contribution is 5.85. The van der Waals surface area contributed by atoms with Crippen molar-refractivity contribution in [2.75, 3.05) is 53.4 Å². The summed E-state index contributed by atoms with van der Waals surface area (Å²) in [6.07, 6.45) is 8.11. The fourth-order valence-electron chi connectivity index (χ4n) is 4.91. The summed E-state index contributed by atoms with van der Waals surface area (Å²) in [5, 5.41) is 0. The van der Waals surface area contributed by atoms with E-state index in [9.17, 15) is 14.4 Å². The quantitative estimate of drug-likeness (QED) is 0.672. The van der Waals surface area contributed by atoms with Crippen LogP contribution in [0.1, 0.15) is 57.8 Å². The van der Waals surface area contributed by atoms with Gasteiger partial charge in [0.2, 0.25) is 17.7 Å². The number of likely N-dealkylation sites (tertiary alicyclic amines) is 3. The van der Waals surface area contributed by atoms with Gasteiger partial charge in [-0.3, -0.25) is 14.4 Å². The summed E-state index contributed by atoms with van der Waals surface area (Å²) in [5.74, 6) is 0.807. The van der Waals surface area contributed by atoms with Crippen molar-refractivity contribution >= 4 is 17.7 Å². The minimum absolute atomic E-state index is 0.0692. The van der Waals surface area contributed by atoms with Gasteiger partial charge < -0.3 is 19.6 Å². The topological polar surface area (TPSA) is 64.2 Å². The Bertz CT molecular complexity index is 589. The first-order chi connectivity index (χ1) is 13.9. The summed E-state index contributed by atoms with van der Waals surface area (Å²) >= 11 is 0. The molecule has 7 nitrogen and oxygen atoms in total. The molecule has 3 rings (SSSR count). The number of hydrogen-bond donors (Lipinski definition) is 0. The number of amides is 3. The van der Waals surface area contributed by atoms with E-state index in [2.05, 4.69) is 11.9 Å². The van der Waals surface area contributed by atoms with Gasteiger partial charge in [-0.1, -0.05) is 0 Å². The second-order valence-corrected chi connectivity index (χ2v) is 9.20. The molecule has 1 atom stereocenters. The Morgan fingerprint density at radius 3 is 2.52 bits per heavy atom. The SMILES string of the molecule is CN1CCC(N(C)C(=O)CC[C@@H]2CCCN(C(=O)CN3CCCCC3=O)C2)CC1. The Morgan fingerprint density at radius 2 is 1.79 bits per heavy atom. The van der Waals surface area contributed by atoms with Gasteiger partial charge in [-0.2, -0.15) is 0 Å². The highest BCUT2D eigenvalue weighted by Crippen LogP contribution is 2.23. The van der Waals surface area contributed by atoms with Crippen LogP contribution in [0.15, 0.2) is 0 Å². The predicted molar refractivity (Wildman–Crippen MR) is 112 cm³/mol. The maximum absolute atomic E-state index is 12.7. The smallest absolute Gasteiger partial charge is 0.242 e. The molecule has 0 N–H and O–H groups in total. The van der Waals surface area contributed by atoms with Crippen LogP contribution in [0.25, 0.3) is 0 Å². The minimum atomic E-state index is 0.0692. The molecule has 7 heteroatoms. The second-order valence-electron chi connectivity index (χ2n) is 9.20. The van der Waals surface area contributed by atoms with Gasteiger partial charge >= 0.3 is 0 Å². The van der Waals surface area contributed by atoms with Gasteiger partial charge in [0, 0.05) is 45.6 Å². The van der Waals surface area contributed by atoms with Crippen LogP contribution in [0.5, 0.6) is 0 Å². The number of piperidine rings is 3. The Hall–Kier alpha value is -1.63. The molecule has 0 saturated carbocycles. The van der Waals surface area contributed by atoms with Gasteiger partial charge in [-0.25, -0.2) is 0 Å². The van der Waals surface area contributed by atoms with Gasteiger partial charge in [0.25, 0.3) is 0 Å². The lowest BCUT2D eigenvalue weighted by Gasteiger charge is -2.36. The van der Waals surface area contributed by atoms with E-state index in [0.717, 1.165) is 71.1 Å². The molecular weight excluding hydrogens is 368 g/mol. The van der Waals surface area contributed by atoms with Crippen molar-refractivity contribution < 1.29 is 14.4 Å². The van der Waals surface area contributed by atoms with Crippen molar-refractivity contribution in [3.63, 3.8) is 0 Å². The van der Waals surface area contributed by atoms with Crippen molar-refractivity contribution in [3.8, 4) is 0 Å². The van der Waals surface area contributed by atoms with Gasteiger partial charge in [-0.15, -0.1) is 0 Å². The molecule has 3 heterocycles. The molecule has 3 aliphatic heterocycles. The maximum Gasteiger partial charge on any atom is 0.242 e. The number of carbonyl (C=O) groups excluding carboxylic acids is 3. The molecule has 0 aromatic carbocycles. The largest absolute Gasteiger partial charge is 0.343 e. The first-order valence-electron chi connectivity index (χ1n) is 11.4. The van der Waals surface area contributed by atoms with E-state index < -0.39 is 0 Å². The minimum Gasteiger partial charge on any atom is -0.343 e. The zero-order valence-electron chi connectivity index (χ0n) is 18.3. The third-order valence-electron chi connectivity index (χ3n) is 7.01. The molecular formula is C22H38N4O3. The van der Waals surface area contributed by atoms with Crippen molar-refractivity contribution in [2.45, 2.75) is 63.8 Å². The zero-order valence-corrected chi connectivity index (χ0v) is 18.3. The monoisotopic (exact) mass is 406 g/mol. The molecule has 0 spiro atoms. The van der Waals surface area contributed by atoms with Crippen molar-refractivity contribution in [2.24, 2.45) is 5.92 Å². The third kappa shape index (κ3) is 6.17. The average Bonchev–Trinajstić information content (AvgIpc) is 2.74. The number of carbonyl (C=O) groups is 3. The van der Waals surface area contributed by atoms with Crippen molar-refractivity contribution in [1.82, 2.24) is 19.6 Å². The van der Waals surface area contributed by atoms with Crippen molar-refractivity contribution in [1.29, 1.82) is 0 Å². The van der Waals surface area contributed by atoms with E-state index in [-0.39, 0.29) is 24.3 Å². The summed E-state index contributed by atoms with van der Waals surface area (Å²) in [7, 11) is 4.08. The highest BCUT2D eigenvalue weighted by atomic mass is 16.2. The summed E-state index contributed by atoms with van der Waals surface area (Å²) in [6.45, 7) is 4.55. The Labute approximate surface area is 175 Å². The Kier molecular flexibility index (Phi) is 7.92. The molecule has 164 valence electrons. The average molecular weight is 407 g/mol. The fourth-order valence-corrected chi connectivity index (χ4v) is 4.91. The van der Waals surface area contributed by atoms with Crippen LogP contribution in [0, 0.1) is 5.92 Å². The summed E-state index contributed by atoms with van der Waals surface area (Å²) in [5.41, 5.74) is 0. The predicted octanol–water partition coefficient (Wildman–Crippen LogP) is 1.57. The van der Waals surface area contributed by atoms with Gasteiger partial charge in [0.1, 0.15) is 0 Å². The molecule has 3 fully saturated rings. The molecule has 0 aromatic heterocycles. The summed E-state index contributed by atoms with van der Waals surface area (Å²) in [4.78, 5) is 45.2. The standard InChI is InChI=1S/C22H38N4O3/c1-23-14-10-19(11-15-23)24(2)20(27)9-8-18-6-5-13-25(16-18)22(29)17-26-12-4-3-7-21(26)28/h18-19H,3-17H2,1-2H3/t18-/m0/s1. The zero-order chi connectivity index (χ0) is 20.8. The molecule has 3 saturated heterocycles. The van der Waals surface area contributed by atoms with E-state index in [1.165, 1.54) is 0 Å². The molecule has 0 aliphatic carbocycles. The summed E-state index contributed by atoms with van der Waals surface area (Å²) < 4.78 is 0. The Morgan fingerprint density at radius 1 is 1.03 bits per heavy atom. The van der Waals surface area contributed by atoms with E-state index in [4.69, 9.17) is 0 Å². The van der Waals surface area contributed by atoms with Crippen LogP contribution in [0.3, 0.4) is 0 Å². The van der Waals surface area contributed by atoms with Crippen LogP contribution < -0.4 is 0 Å². The molecule has 3 aliphatic rings. The number of rotatable bonds is 6. The van der Waals surface area contributed by atoms with Crippen LogP contribution in [0.4, 0.5) is 0 Å². The summed E-state index contributed by atoms with van der Waals surface area (Å²) in [6, 6.07) is 0.366. The van der Waals surface area contributed by atoms with Gasteiger partial charge in [0.05, 0.1) is 6.54 Å². The molecule has 29 heavy (non-hydrogen) atoms. The van der Waals surface area contributed by atoms with Gasteiger partial charge in [0.15, 0.2) is 0 Å². The molecule has 0 unspecified atom stereocenters. The van der Waals surface area contributed by atoms with E-state index in [1.54, 1.807) is 4.90 Å². The third-order valence-corrected chi connectivity index (χ3v) is 7.01. The lowest BCUT2D eigenvalue weighted by atomic mass is 9.92. The second kappa shape index (κ2) is 10.4. The molecule has 0 bridgehead atoms. The Balaban J connectivity index is 1.41. The molecule has 0 radical (unpaired) electrons. The van der Waals surface area contributed by atoms with E-state index in [0.29, 0.717) is 31.3 Å². The lowest BCUT2D eigenvalue weighted by molar-refractivity contribution is -0.143. The van der Waals surface area contributed by atoms with Crippen LogP contribution in [0.2, 0.25) is 0 Å². The fraction of sp³-hybridized carbons (Fsp3) is 0.864. The first-order valence-corrected chi connectivity index (χ1v) is 11.4. The van der Waals surface area contributed by atoms with Crippen LogP contribution >= 0.6 is 0 Å². The van der Waals surface area contributed by atoms with Gasteiger partial charge in [-0.05, 0) is 71.0 Å². The number of nitrogens with zero attached hydrogens (tertiary/aromatic N) is 4. The molecule has 0 aromatic rings. The van der Waals surface area contributed by atoms with E-state index >= 15 is 0 Å². The lowest BCUT2D eigenvalue weighted by Crippen LogP contribution is -2.48. The normalized spacial score (nSPS) is 24.6. The first kappa shape index (κ1) is 22.1. The maximum atomic E-state index is 12.7.